The maximum Gasteiger partial charge on any atom is 0.0801 e. The van der Waals surface area contributed by atoms with Crippen molar-refractivity contribution < 1.29 is 4.74 Å². The second kappa shape index (κ2) is 6.79. The summed E-state index contributed by atoms with van der Waals surface area (Å²) in [5, 5.41) is 4.26. The lowest BCUT2D eigenvalue weighted by molar-refractivity contribution is -0.0277. The van der Waals surface area contributed by atoms with Crippen molar-refractivity contribution in [1.29, 1.82) is 0 Å². The van der Waals surface area contributed by atoms with E-state index in [-0.39, 0.29) is 5.60 Å². The van der Waals surface area contributed by atoms with E-state index in [2.05, 4.69) is 43.1 Å². The molecule has 0 aromatic heterocycles. The van der Waals surface area contributed by atoms with Crippen molar-refractivity contribution >= 4 is 17.3 Å². The van der Waals surface area contributed by atoms with Gasteiger partial charge in [0.1, 0.15) is 0 Å². The molecule has 0 spiro atoms. The predicted molar refractivity (Wildman–Crippen MR) is 85.7 cm³/mol. The van der Waals surface area contributed by atoms with E-state index in [9.17, 15) is 0 Å². The average Bonchev–Trinajstić information content (AvgIpc) is 2.39. The van der Waals surface area contributed by atoms with Crippen molar-refractivity contribution in [3.8, 4) is 0 Å². The number of hydrogen-bond acceptors (Lipinski definition) is 3. The summed E-state index contributed by atoms with van der Waals surface area (Å²) in [6, 6.07) is 6.17. The monoisotopic (exact) mass is 296 g/mol. The van der Waals surface area contributed by atoms with Crippen LogP contribution in [0.5, 0.6) is 0 Å². The minimum absolute atomic E-state index is 0.102. The third-order valence-corrected chi connectivity index (χ3v) is 3.79. The van der Waals surface area contributed by atoms with Gasteiger partial charge in [0.05, 0.1) is 12.2 Å². The van der Waals surface area contributed by atoms with Crippen LogP contribution in [0.2, 0.25) is 5.02 Å². The normalized spacial score (nSPS) is 18.3. The predicted octanol–water partition coefficient (Wildman–Crippen LogP) is 3.45. The van der Waals surface area contributed by atoms with Crippen molar-refractivity contribution in [3.63, 3.8) is 0 Å². The number of ether oxygens (including phenoxy) is 1. The maximum atomic E-state index is 6.19. The van der Waals surface area contributed by atoms with Crippen LogP contribution in [-0.2, 0) is 11.3 Å². The molecule has 0 bridgehead atoms. The summed E-state index contributed by atoms with van der Waals surface area (Å²) >= 11 is 6.19. The van der Waals surface area contributed by atoms with Gasteiger partial charge in [-0.15, -0.1) is 0 Å². The molecule has 1 aliphatic rings. The van der Waals surface area contributed by atoms with E-state index in [0.29, 0.717) is 0 Å². The zero-order valence-electron chi connectivity index (χ0n) is 12.7. The number of benzene rings is 1. The number of morpholine rings is 1. The van der Waals surface area contributed by atoms with Gasteiger partial charge in [0.2, 0.25) is 0 Å². The number of rotatable bonds is 5. The largest absolute Gasteiger partial charge is 0.372 e. The molecule has 1 aliphatic heterocycles. The smallest absolute Gasteiger partial charge is 0.0801 e. The van der Waals surface area contributed by atoms with Crippen LogP contribution in [0.25, 0.3) is 0 Å². The van der Waals surface area contributed by atoms with E-state index >= 15 is 0 Å². The zero-order valence-corrected chi connectivity index (χ0v) is 13.5. The molecule has 1 saturated heterocycles. The first-order valence-electron chi connectivity index (χ1n) is 7.40. The molecule has 0 radical (unpaired) electrons. The van der Waals surface area contributed by atoms with Crippen molar-refractivity contribution in [2.24, 2.45) is 0 Å². The van der Waals surface area contributed by atoms with Crippen LogP contribution >= 0.6 is 11.6 Å². The van der Waals surface area contributed by atoms with Gasteiger partial charge in [-0.2, -0.15) is 0 Å². The Bertz CT molecular complexity index is 448. The van der Waals surface area contributed by atoms with Crippen LogP contribution in [-0.4, -0.2) is 31.8 Å². The molecule has 1 fully saturated rings. The van der Waals surface area contributed by atoms with Gasteiger partial charge in [-0.05, 0) is 44.5 Å². The zero-order chi connectivity index (χ0) is 14.6. The van der Waals surface area contributed by atoms with E-state index < -0.39 is 0 Å². The standard InChI is InChI=1S/C16H25ClN2O/c1-4-7-18-11-13-5-6-14(17)10-15(13)19-8-9-20-16(2,3)12-19/h5-6,10,18H,4,7-9,11-12H2,1-3H3. The second-order valence-electron chi connectivity index (χ2n) is 5.98. The summed E-state index contributed by atoms with van der Waals surface area (Å²) < 4.78 is 5.80. The summed E-state index contributed by atoms with van der Waals surface area (Å²) in [5.74, 6) is 0. The van der Waals surface area contributed by atoms with Crippen molar-refractivity contribution in [3.05, 3.63) is 28.8 Å². The summed E-state index contributed by atoms with van der Waals surface area (Å²) in [5.41, 5.74) is 2.44. The maximum absolute atomic E-state index is 6.19. The lowest BCUT2D eigenvalue weighted by atomic mass is 10.0. The van der Waals surface area contributed by atoms with Crippen molar-refractivity contribution in [1.82, 2.24) is 5.32 Å². The summed E-state index contributed by atoms with van der Waals surface area (Å²) in [6.07, 6.45) is 1.15. The fourth-order valence-electron chi connectivity index (χ4n) is 2.60. The fourth-order valence-corrected chi connectivity index (χ4v) is 2.77. The summed E-state index contributed by atoms with van der Waals surface area (Å²) in [6.45, 7) is 11.0. The highest BCUT2D eigenvalue weighted by molar-refractivity contribution is 6.30. The molecule has 1 aromatic rings. The number of nitrogens with one attached hydrogen (secondary N) is 1. The summed E-state index contributed by atoms with van der Waals surface area (Å²) in [7, 11) is 0. The molecule has 1 heterocycles. The number of nitrogens with zero attached hydrogens (tertiary/aromatic N) is 1. The third kappa shape index (κ3) is 4.11. The van der Waals surface area contributed by atoms with Crippen molar-refractivity contribution in [2.75, 3.05) is 31.1 Å². The molecule has 3 nitrogen and oxygen atoms in total. The second-order valence-corrected chi connectivity index (χ2v) is 6.42. The lowest BCUT2D eigenvalue weighted by Gasteiger charge is -2.40. The first-order valence-corrected chi connectivity index (χ1v) is 7.78. The van der Waals surface area contributed by atoms with Gasteiger partial charge in [-0.25, -0.2) is 0 Å². The molecule has 2 rings (SSSR count). The molecule has 20 heavy (non-hydrogen) atoms. The van der Waals surface area contributed by atoms with E-state index in [0.717, 1.165) is 44.2 Å². The minimum atomic E-state index is -0.102. The first kappa shape index (κ1) is 15.6. The van der Waals surface area contributed by atoms with Crippen LogP contribution in [0.15, 0.2) is 18.2 Å². The molecule has 0 amide bonds. The molecule has 4 heteroatoms. The number of anilines is 1. The Balaban J connectivity index is 2.17. The van der Waals surface area contributed by atoms with E-state index in [1.807, 2.05) is 6.07 Å². The Morgan fingerprint density at radius 2 is 2.20 bits per heavy atom. The molecule has 1 aromatic carbocycles. The van der Waals surface area contributed by atoms with Crippen LogP contribution in [0.4, 0.5) is 5.69 Å². The van der Waals surface area contributed by atoms with E-state index in [1.54, 1.807) is 0 Å². The Morgan fingerprint density at radius 3 is 2.90 bits per heavy atom. The van der Waals surface area contributed by atoms with Gasteiger partial charge >= 0.3 is 0 Å². The molecular formula is C16H25ClN2O. The number of halogens is 1. The minimum Gasteiger partial charge on any atom is -0.372 e. The first-order chi connectivity index (χ1) is 9.52. The fraction of sp³-hybridized carbons (Fsp3) is 0.625. The van der Waals surface area contributed by atoms with Gasteiger partial charge in [0.15, 0.2) is 0 Å². The van der Waals surface area contributed by atoms with Crippen molar-refractivity contribution in [2.45, 2.75) is 39.3 Å². The quantitative estimate of drug-likeness (QED) is 0.842. The summed E-state index contributed by atoms with van der Waals surface area (Å²) in [4.78, 5) is 2.39. The van der Waals surface area contributed by atoms with E-state index in [1.165, 1.54) is 11.3 Å². The highest BCUT2D eigenvalue weighted by Crippen LogP contribution is 2.29. The molecular weight excluding hydrogens is 272 g/mol. The molecule has 0 saturated carbocycles. The number of hydrogen-bond donors (Lipinski definition) is 1. The average molecular weight is 297 g/mol. The SMILES string of the molecule is CCCNCc1ccc(Cl)cc1N1CCOC(C)(C)C1. The molecule has 1 N–H and O–H groups in total. The van der Waals surface area contributed by atoms with Crippen LogP contribution in [0, 0.1) is 0 Å². The van der Waals surface area contributed by atoms with Gasteiger partial charge in [-0.3, -0.25) is 0 Å². The Morgan fingerprint density at radius 1 is 1.40 bits per heavy atom. The molecule has 0 aliphatic carbocycles. The highest BCUT2D eigenvalue weighted by atomic mass is 35.5. The molecule has 112 valence electrons. The van der Waals surface area contributed by atoms with Gasteiger partial charge in [0.25, 0.3) is 0 Å². The molecule has 0 atom stereocenters. The van der Waals surface area contributed by atoms with Gasteiger partial charge < -0.3 is 15.0 Å². The Hall–Kier alpha value is -0.770. The Labute approximate surface area is 127 Å². The van der Waals surface area contributed by atoms with Crippen LogP contribution in [0.1, 0.15) is 32.8 Å². The van der Waals surface area contributed by atoms with Gasteiger partial charge in [0, 0.05) is 30.3 Å². The Kier molecular flexibility index (Phi) is 5.30. The van der Waals surface area contributed by atoms with Gasteiger partial charge in [-0.1, -0.05) is 24.6 Å². The van der Waals surface area contributed by atoms with E-state index in [4.69, 9.17) is 16.3 Å². The van der Waals surface area contributed by atoms with Crippen LogP contribution < -0.4 is 10.2 Å². The molecule has 0 unspecified atom stereocenters. The topological polar surface area (TPSA) is 24.5 Å². The third-order valence-electron chi connectivity index (χ3n) is 3.56. The lowest BCUT2D eigenvalue weighted by Crippen LogP contribution is -2.48. The van der Waals surface area contributed by atoms with Crippen LogP contribution in [0.3, 0.4) is 0 Å². The highest BCUT2D eigenvalue weighted by Gasteiger charge is 2.28.